The van der Waals surface area contributed by atoms with Crippen LogP contribution in [0.2, 0.25) is 0 Å². The Morgan fingerprint density at radius 1 is 1.12 bits per heavy atom. The molecule has 0 aliphatic heterocycles. The Morgan fingerprint density at radius 2 is 1.77 bits per heavy atom. The Balaban J connectivity index is 2.28. The minimum Gasteiger partial charge on any atom is -0.497 e. The summed E-state index contributed by atoms with van der Waals surface area (Å²) < 4.78 is 36.4. The first-order valence-corrected chi connectivity index (χ1v) is 8.88. The number of esters is 1. The van der Waals surface area contributed by atoms with Gasteiger partial charge in [0.25, 0.3) is 15.9 Å². The SMILES string of the molecule is COc1ccc(N(C)S(=O)(=O)c2cccc(C(=O)OCC(N)=O)c2)cc1. The molecule has 0 saturated heterocycles. The third-order valence-electron chi connectivity index (χ3n) is 3.51. The third kappa shape index (κ3) is 4.31. The number of methoxy groups -OCH3 is 1. The largest absolute Gasteiger partial charge is 0.497 e. The van der Waals surface area contributed by atoms with Crippen molar-refractivity contribution in [1.82, 2.24) is 0 Å². The van der Waals surface area contributed by atoms with Crippen molar-refractivity contribution in [2.75, 3.05) is 25.1 Å². The zero-order chi connectivity index (χ0) is 19.3. The number of ether oxygens (including phenoxy) is 2. The second kappa shape index (κ2) is 7.87. The van der Waals surface area contributed by atoms with Crippen LogP contribution in [0.1, 0.15) is 10.4 Å². The fraction of sp³-hybridized carbons (Fsp3) is 0.176. The molecular weight excluding hydrogens is 360 g/mol. The van der Waals surface area contributed by atoms with Gasteiger partial charge in [-0.3, -0.25) is 9.10 Å². The van der Waals surface area contributed by atoms with E-state index >= 15 is 0 Å². The number of primary amides is 1. The van der Waals surface area contributed by atoms with Gasteiger partial charge in [-0.15, -0.1) is 0 Å². The molecule has 0 bridgehead atoms. The molecule has 1 amide bonds. The molecule has 0 fully saturated rings. The number of hydrogen-bond donors (Lipinski definition) is 1. The molecule has 0 aliphatic carbocycles. The second-order valence-electron chi connectivity index (χ2n) is 5.24. The van der Waals surface area contributed by atoms with Gasteiger partial charge in [-0.1, -0.05) is 6.07 Å². The monoisotopic (exact) mass is 378 g/mol. The molecule has 26 heavy (non-hydrogen) atoms. The van der Waals surface area contributed by atoms with Gasteiger partial charge in [-0.2, -0.15) is 0 Å². The Morgan fingerprint density at radius 3 is 2.35 bits per heavy atom. The fourth-order valence-electron chi connectivity index (χ4n) is 2.09. The molecular formula is C17H18N2O6S. The van der Waals surface area contributed by atoms with Crippen molar-refractivity contribution in [3.8, 4) is 5.75 Å². The average molecular weight is 378 g/mol. The standard InChI is InChI=1S/C17H18N2O6S/c1-19(13-6-8-14(24-2)9-7-13)26(22,23)15-5-3-4-12(10-15)17(21)25-11-16(18)20/h3-10H,11H2,1-2H3,(H2,18,20). The summed E-state index contributed by atoms with van der Waals surface area (Å²) in [5.41, 5.74) is 5.33. The Labute approximate surface area is 151 Å². The van der Waals surface area contributed by atoms with Crippen molar-refractivity contribution < 1.29 is 27.5 Å². The summed E-state index contributed by atoms with van der Waals surface area (Å²) in [6.45, 7) is -0.582. The van der Waals surface area contributed by atoms with Crippen LogP contribution in [0, 0.1) is 0 Å². The van der Waals surface area contributed by atoms with Gasteiger partial charge in [0.05, 0.1) is 23.3 Å². The van der Waals surface area contributed by atoms with Crippen LogP contribution in [-0.4, -0.2) is 41.1 Å². The third-order valence-corrected chi connectivity index (χ3v) is 5.29. The first-order valence-electron chi connectivity index (χ1n) is 7.44. The number of carbonyl (C=O) groups excluding carboxylic acids is 2. The van der Waals surface area contributed by atoms with Gasteiger partial charge in [0, 0.05) is 7.05 Å². The molecule has 0 aromatic heterocycles. The number of rotatable bonds is 7. The summed E-state index contributed by atoms with van der Waals surface area (Å²) >= 11 is 0. The predicted octanol–water partition coefficient (Wildman–Crippen LogP) is 1.16. The van der Waals surface area contributed by atoms with Gasteiger partial charge in [-0.25, -0.2) is 13.2 Å². The quantitative estimate of drug-likeness (QED) is 0.723. The summed E-state index contributed by atoms with van der Waals surface area (Å²) in [6, 6.07) is 11.8. The highest BCUT2D eigenvalue weighted by molar-refractivity contribution is 7.92. The summed E-state index contributed by atoms with van der Waals surface area (Å²) in [5, 5.41) is 0. The highest BCUT2D eigenvalue weighted by Gasteiger charge is 2.23. The van der Waals surface area contributed by atoms with E-state index in [0.717, 1.165) is 4.31 Å². The van der Waals surface area contributed by atoms with Crippen LogP contribution < -0.4 is 14.8 Å². The van der Waals surface area contributed by atoms with Crippen LogP contribution in [0.5, 0.6) is 5.75 Å². The van der Waals surface area contributed by atoms with E-state index in [0.29, 0.717) is 11.4 Å². The van der Waals surface area contributed by atoms with Crippen LogP contribution in [0.25, 0.3) is 0 Å². The Hall–Kier alpha value is -3.07. The van der Waals surface area contributed by atoms with Gasteiger partial charge < -0.3 is 15.2 Å². The molecule has 0 saturated carbocycles. The van der Waals surface area contributed by atoms with Crippen LogP contribution >= 0.6 is 0 Å². The highest BCUT2D eigenvalue weighted by atomic mass is 32.2. The molecule has 0 aliphatic rings. The molecule has 0 atom stereocenters. The van der Waals surface area contributed by atoms with E-state index in [1.54, 1.807) is 24.3 Å². The molecule has 9 heteroatoms. The zero-order valence-electron chi connectivity index (χ0n) is 14.2. The van der Waals surface area contributed by atoms with Crippen molar-refractivity contribution in [3.63, 3.8) is 0 Å². The van der Waals surface area contributed by atoms with Gasteiger partial charge in [0.2, 0.25) is 0 Å². The molecule has 2 aromatic rings. The van der Waals surface area contributed by atoms with Crippen molar-refractivity contribution in [1.29, 1.82) is 0 Å². The zero-order valence-corrected chi connectivity index (χ0v) is 15.0. The number of hydrogen-bond acceptors (Lipinski definition) is 6. The summed E-state index contributed by atoms with van der Waals surface area (Å²) in [4.78, 5) is 22.5. The van der Waals surface area contributed by atoms with E-state index in [1.807, 2.05) is 0 Å². The average Bonchev–Trinajstić information content (AvgIpc) is 2.65. The molecule has 0 radical (unpaired) electrons. The number of nitrogens with two attached hydrogens (primary N) is 1. The predicted molar refractivity (Wildman–Crippen MR) is 94.5 cm³/mol. The van der Waals surface area contributed by atoms with Gasteiger partial charge in [0.15, 0.2) is 6.61 Å². The summed E-state index contributed by atoms with van der Waals surface area (Å²) in [7, 11) is -0.996. The van der Waals surface area contributed by atoms with Gasteiger partial charge in [0.1, 0.15) is 5.75 Å². The van der Waals surface area contributed by atoms with Gasteiger partial charge in [-0.05, 0) is 42.5 Å². The lowest BCUT2D eigenvalue weighted by molar-refractivity contribution is -0.121. The summed E-state index contributed by atoms with van der Waals surface area (Å²) in [5.74, 6) is -1.05. The number of carbonyl (C=O) groups is 2. The number of sulfonamides is 1. The maximum atomic E-state index is 12.8. The van der Waals surface area contributed by atoms with Crippen molar-refractivity contribution in [2.45, 2.75) is 4.90 Å². The topological polar surface area (TPSA) is 116 Å². The van der Waals surface area contributed by atoms with Crippen LogP contribution in [0.3, 0.4) is 0 Å². The van der Waals surface area contributed by atoms with E-state index < -0.39 is 28.5 Å². The minimum atomic E-state index is -3.91. The molecule has 2 rings (SSSR count). The Bertz CT molecular complexity index is 909. The molecule has 0 unspecified atom stereocenters. The smallest absolute Gasteiger partial charge is 0.338 e. The van der Waals surface area contributed by atoms with Crippen LogP contribution in [0.15, 0.2) is 53.4 Å². The van der Waals surface area contributed by atoms with Crippen LogP contribution in [-0.2, 0) is 19.6 Å². The van der Waals surface area contributed by atoms with E-state index in [2.05, 4.69) is 0 Å². The minimum absolute atomic E-state index is 0.00421. The van der Waals surface area contributed by atoms with Gasteiger partial charge >= 0.3 is 5.97 Å². The molecule has 2 N–H and O–H groups in total. The lowest BCUT2D eigenvalue weighted by Crippen LogP contribution is -2.27. The number of benzene rings is 2. The molecule has 0 spiro atoms. The number of anilines is 1. The van der Waals surface area contributed by atoms with E-state index in [4.69, 9.17) is 15.2 Å². The van der Waals surface area contributed by atoms with E-state index in [9.17, 15) is 18.0 Å². The number of amides is 1. The van der Waals surface area contributed by atoms with Crippen LogP contribution in [0.4, 0.5) is 5.69 Å². The maximum Gasteiger partial charge on any atom is 0.338 e. The number of nitrogens with zero attached hydrogens (tertiary/aromatic N) is 1. The lowest BCUT2D eigenvalue weighted by Gasteiger charge is -2.20. The fourth-order valence-corrected chi connectivity index (χ4v) is 3.33. The van der Waals surface area contributed by atoms with E-state index in [1.165, 1.54) is 38.4 Å². The normalized spacial score (nSPS) is 10.8. The van der Waals surface area contributed by atoms with Crippen molar-refractivity contribution >= 4 is 27.6 Å². The lowest BCUT2D eigenvalue weighted by atomic mass is 10.2. The van der Waals surface area contributed by atoms with Crippen molar-refractivity contribution in [3.05, 3.63) is 54.1 Å². The first kappa shape index (κ1) is 19.3. The molecule has 0 heterocycles. The van der Waals surface area contributed by atoms with Crippen molar-refractivity contribution in [2.24, 2.45) is 5.73 Å². The maximum absolute atomic E-state index is 12.8. The second-order valence-corrected chi connectivity index (χ2v) is 7.21. The molecule has 2 aromatic carbocycles. The summed E-state index contributed by atoms with van der Waals surface area (Å²) in [6.07, 6.45) is 0. The van der Waals surface area contributed by atoms with E-state index in [-0.39, 0.29) is 10.5 Å². The first-order chi connectivity index (χ1) is 12.3. The highest BCUT2D eigenvalue weighted by Crippen LogP contribution is 2.24. The molecule has 8 nitrogen and oxygen atoms in total. The molecule has 138 valence electrons. The Kier molecular flexibility index (Phi) is 5.83.